The first-order valence-electron chi connectivity index (χ1n) is 12.9. The molecular weight excluding hydrogens is 519 g/mol. The molecule has 0 heterocycles. The lowest BCUT2D eigenvalue weighted by atomic mass is 9.95. The number of sulfonamides is 1. The van der Waals surface area contributed by atoms with Gasteiger partial charge in [0, 0.05) is 25.7 Å². The van der Waals surface area contributed by atoms with E-state index in [2.05, 4.69) is 5.32 Å². The number of aliphatic carboxylic acids is 1. The van der Waals surface area contributed by atoms with Crippen LogP contribution in [0.15, 0.2) is 77.7 Å². The summed E-state index contributed by atoms with van der Waals surface area (Å²) >= 11 is 0. The van der Waals surface area contributed by atoms with Crippen LogP contribution in [0.25, 0.3) is 11.1 Å². The maximum Gasteiger partial charge on any atom is 0.307 e. The van der Waals surface area contributed by atoms with Crippen molar-refractivity contribution < 1.29 is 27.8 Å². The van der Waals surface area contributed by atoms with Crippen molar-refractivity contribution in [1.82, 2.24) is 9.62 Å². The SMILES string of the molecule is CN(C[C@H](O)CNC(C)(C)CCCc1cccc(F)c1)S(=O)(=O)c1cccc(-c2ccc(CC(=O)O)cc2)c1. The Morgan fingerprint density at radius 1 is 1.00 bits per heavy atom. The molecule has 1 atom stereocenters. The summed E-state index contributed by atoms with van der Waals surface area (Å²) in [6.07, 6.45) is 1.39. The summed E-state index contributed by atoms with van der Waals surface area (Å²) in [7, 11) is -2.41. The van der Waals surface area contributed by atoms with Gasteiger partial charge in [0.15, 0.2) is 0 Å². The van der Waals surface area contributed by atoms with E-state index in [-0.39, 0.29) is 35.8 Å². The van der Waals surface area contributed by atoms with E-state index in [1.54, 1.807) is 48.5 Å². The summed E-state index contributed by atoms with van der Waals surface area (Å²) in [4.78, 5) is 11.0. The number of aryl methyl sites for hydroxylation is 1. The average molecular weight is 557 g/mol. The van der Waals surface area contributed by atoms with E-state index in [1.807, 2.05) is 19.9 Å². The summed E-state index contributed by atoms with van der Waals surface area (Å²) in [5, 5.41) is 22.9. The van der Waals surface area contributed by atoms with Gasteiger partial charge in [0.25, 0.3) is 0 Å². The van der Waals surface area contributed by atoms with E-state index in [0.29, 0.717) is 11.1 Å². The average Bonchev–Trinajstić information content (AvgIpc) is 2.88. The van der Waals surface area contributed by atoms with Crippen LogP contribution in [0.1, 0.15) is 37.8 Å². The monoisotopic (exact) mass is 556 g/mol. The number of nitrogens with zero attached hydrogens (tertiary/aromatic N) is 1. The number of nitrogens with one attached hydrogen (secondary N) is 1. The number of aliphatic hydroxyl groups is 1. The molecule has 3 rings (SSSR count). The van der Waals surface area contributed by atoms with Crippen molar-refractivity contribution in [2.45, 2.75) is 56.1 Å². The van der Waals surface area contributed by atoms with Gasteiger partial charge in [-0.1, -0.05) is 48.5 Å². The minimum Gasteiger partial charge on any atom is -0.481 e. The van der Waals surface area contributed by atoms with Gasteiger partial charge in [-0.15, -0.1) is 0 Å². The Balaban J connectivity index is 1.55. The minimum atomic E-state index is -3.85. The molecule has 0 unspecified atom stereocenters. The van der Waals surface area contributed by atoms with E-state index in [4.69, 9.17) is 5.11 Å². The van der Waals surface area contributed by atoms with Crippen molar-refractivity contribution in [3.05, 3.63) is 89.7 Å². The van der Waals surface area contributed by atoms with Gasteiger partial charge in [-0.3, -0.25) is 4.79 Å². The summed E-state index contributed by atoms with van der Waals surface area (Å²) in [6, 6.07) is 20.1. The topological polar surface area (TPSA) is 107 Å². The number of hydrogen-bond acceptors (Lipinski definition) is 5. The summed E-state index contributed by atoms with van der Waals surface area (Å²) in [5.41, 5.74) is 2.77. The largest absolute Gasteiger partial charge is 0.481 e. The van der Waals surface area contributed by atoms with Gasteiger partial charge in [-0.05, 0) is 79.6 Å². The number of aliphatic hydroxyl groups excluding tert-OH is 1. The number of benzene rings is 3. The quantitative estimate of drug-likeness (QED) is 0.270. The van der Waals surface area contributed by atoms with Crippen molar-refractivity contribution >= 4 is 16.0 Å². The van der Waals surface area contributed by atoms with Crippen LogP contribution in [0.4, 0.5) is 4.39 Å². The normalized spacial score (nSPS) is 13.0. The molecular formula is C30H37FN2O5S. The molecule has 3 aromatic carbocycles. The molecule has 0 aliphatic heterocycles. The maximum atomic E-state index is 13.4. The number of halogens is 1. The third-order valence-electron chi connectivity index (χ3n) is 6.63. The zero-order valence-electron chi connectivity index (χ0n) is 22.6. The Morgan fingerprint density at radius 3 is 2.36 bits per heavy atom. The van der Waals surface area contributed by atoms with Crippen LogP contribution >= 0.6 is 0 Å². The Hall–Kier alpha value is -3.11. The van der Waals surface area contributed by atoms with Crippen LogP contribution in [0.5, 0.6) is 0 Å². The van der Waals surface area contributed by atoms with E-state index in [0.717, 1.165) is 34.7 Å². The van der Waals surface area contributed by atoms with Crippen LogP contribution in [-0.2, 0) is 27.7 Å². The van der Waals surface area contributed by atoms with Crippen LogP contribution < -0.4 is 5.32 Å². The predicted octanol–water partition coefficient (Wildman–Crippen LogP) is 4.49. The van der Waals surface area contributed by atoms with Crippen LogP contribution in [0, 0.1) is 5.82 Å². The minimum absolute atomic E-state index is 0.0805. The third kappa shape index (κ3) is 9.25. The summed E-state index contributed by atoms with van der Waals surface area (Å²) < 4.78 is 41.0. The first kappa shape index (κ1) is 30.4. The number of rotatable bonds is 14. The number of carboxylic acid groups (broad SMARTS) is 1. The molecule has 0 amide bonds. The predicted molar refractivity (Wildman–Crippen MR) is 150 cm³/mol. The van der Waals surface area contributed by atoms with Crippen molar-refractivity contribution in [3.8, 4) is 11.1 Å². The standard InChI is InChI=1S/C30H37FN2O5S/c1-30(2,16-6-8-22-7-4-10-26(31)17-22)32-20-27(34)21-33(3)39(37,38)28-11-5-9-25(19-28)24-14-12-23(13-15-24)18-29(35)36/h4-5,7,9-15,17,19,27,32,34H,6,8,16,18,20-21H2,1-3H3,(H,35,36)/t27-/m1/s1. The highest BCUT2D eigenvalue weighted by molar-refractivity contribution is 7.89. The van der Waals surface area contributed by atoms with Crippen molar-refractivity contribution in [3.63, 3.8) is 0 Å². The molecule has 0 radical (unpaired) electrons. The molecule has 9 heteroatoms. The van der Waals surface area contributed by atoms with E-state index in [1.165, 1.54) is 25.2 Å². The molecule has 3 N–H and O–H groups in total. The molecule has 0 spiro atoms. The van der Waals surface area contributed by atoms with Gasteiger partial charge in [0.2, 0.25) is 10.0 Å². The molecule has 0 aliphatic rings. The lowest BCUT2D eigenvalue weighted by Crippen LogP contribution is -2.46. The Labute approximate surface area is 230 Å². The maximum absolute atomic E-state index is 13.4. The smallest absolute Gasteiger partial charge is 0.307 e. The van der Waals surface area contributed by atoms with E-state index >= 15 is 0 Å². The second-order valence-electron chi connectivity index (χ2n) is 10.5. The fourth-order valence-corrected chi connectivity index (χ4v) is 5.63. The third-order valence-corrected chi connectivity index (χ3v) is 8.44. The molecule has 0 aromatic heterocycles. The molecule has 210 valence electrons. The molecule has 7 nitrogen and oxygen atoms in total. The number of carboxylic acids is 1. The second kappa shape index (κ2) is 13.3. The zero-order chi connectivity index (χ0) is 28.6. The highest BCUT2D eigenvalue weighted by Gasteiger charge is 2.25. The number of β-amino-alcohol motifs (C(OH)–C–C–N with tert-alkyl or cyclic N) is 1. The van der Waals surface area contributed by atoms with Crippen LogP contribution in [-0.4, -0.2) is 60.7 Å². The van der Waals surface area contributed by atoms with Gasteiger partial charge < -0.3 is 15.5 Å². The Kier molecular flexibility index (Phi) is 10.4. The second-order valence-corrected chi connectivity index (χ2v) is 12.5. The summed E-state index contributed by atoms with van der Waals surface area (Å²) in [6.45, 7) is 4.18. The van der Waals surface area contributed by atoms with E-state index in [9.17, 15) is 22.7 Å². The fourth-order valence-electron chi connectivity index (χ4n) is 4.37. The zero-order valence-corrected chi connectivity index (χ0v) is 23.4. The van der Waals surface area contributed by atoms with Gasteiger partial charge in [0.05, 0.1) is 17.4 Å². The van der Waals surface area contributed by atoms with Crippen molar-refractivity contribution in [2.75, 3.05) is 20.1 Å². The van der Waals surface area contributed by atoms with Crippen LogP contribution in [0.3, 0.4) is 0 Å². The summed E-state index contributed by atoms with van der Waals surface area (Å²) in [5.74, 6) is -1.16. The number of hydrogen-bond donors (Lipinski definition) is 3. The molecule has 0 bridgehead atoms. The number of likely N-dealkylation sites (N-methyl/N-ethyl adjacent to an activating group) is 1. The molecule has 0 saturated heterocycles. The molecule has 0 fully saturated rings. The number of carbonyl (C=O) groups is 1. The molecule has 39 heavy (non-hydrogen) atoms. The molecule has 0 saturated carbocycles. The molecule has 0 aliphatic carbocycles. The van der Waals surface area contributed by atoms with Gasteiger partial charge in [0.1, 0.15) is 5.82 Å². The fraction of sp³-hybridized carbons (Fsp3) is 0.367. The highest BCUT2D eigenvalue weighted by Crippen LogP contribution is 2.25. The first-order chi connectivity index (χ1) is 18.4. The Bertz CT molecular complexity index is 1360. The van der Waals surface area contributed by atoms with Gasteiger partial charge in [-0.25, -0.2) is 12.8 Å². The van der Waals surface area contributed by atoms with Gasteiger partial charge >= 0.3 is 5.97 Å². The van der Waals surface area contributed by atoms with Crippen molar-refractivity contribution in [2.24, 2.45) is 0 Å². The lowest BCUT2D eigenvalue weighted by Gasteiger charge is -2.29. The Morgan fingerprint density at radius 2 is 1.69 bits per heavy atom. The van der Waals surface area contributed by atoms with Gasteiger partial charge in [-0.2, -0.15) is 4.31 Å². The first-order valence-corrected chi connectivity index (χ1v) is 14.3. The lowest BCUT2D eigenvalue weighted by molar-refractivity contribution is -0.136. The van der Waals surface area contributed by atoms with E-state index < -0.39 is 22.1 Å². The van der Waals surface area contributed by atoms with Crippen LogP contribution in [0.2, 0.25) is 0 Å². The molecule has 3 aromatic rings. The highest BCUT2D eigenvalue weighted by atomic mass is 32.2. The van der Waals surface area contributed by atoms with Crippen molar-refractivity contribution in [1.29, 1.82) is 0 Å².